The van der Waals surface area contributed by atoms with E-state index in [1.807, 2.05) is 12.1 Å². The van der Waals surface area contributed by atoms with Crippen LogP contribution in [-0.4, -0.2) is 63.1 Å². The molecule has 3 N–H and O–H groups in total. The number of guanidine groups is 1. The summed E-state index contributed by atoms with van der Waals surface area (Å²) in [5, 5.41) is 3.44. The van der Waals surface area contributed by atoms with E-state index >= 15 is 0 Å². The fourth-order valence-corrected chi connectivity index (χ4v) is 4.37. The number of piperidine rings is 1. The minimum atomic E-state index is -0.206. The van der Waals surface area contributed by atoms with Crippen molar-refractivity contribution in [2.75, 3.05) is 51.3 Å². The number of amides is 1. The lowest BCUT2D eigenvalue weighted by Gasteiger charge is -2.34. The van der Waals surface area contributed by atoms with Gasteiger partial charge in [-0.3, -0.25) is 9.79 Å². The van der Waals surface area contributed by atoms with E-state index in [-0.39, 0.29) is 5.91 Å². The summed E-state index contributed by atoms with van der Waals surface area (Å²) in [6.07, 6.45) is 3.75. The molecule has 2 unspecified atom stereocenters. The number of carbonyl (C=O) groups excluding carboxylic acids is 1. The predicted molar refractivity (Wildman–Crippen MR) is 117 cm³/mol. The molecule has 7 nitrogen and oxygen atoms in total. The van der Waals surface area contributed by atoms with Gasteiger partial charge in [0.25, 0.3) is 0 Å². The third kappa shape index (κ3) is 6.02. The molecule has 0 aliphatic carbocycles. The van der Waals surface area contributed by atoms with Gasteiger partial charge in [0.2, 0.25) is 5.91 Å². The first kappa shape index (κ1) is 21.3. The second-order valence-electron chi connectivity index (χ2n) is 8.12. The maximum Gasteiger partial charge on any atom is 0.217 e. The van der Waals surface area contributed by atoms with Crippen LogP contribution in [0.15, 0.2) is 29.3 Å². The molecule has 0 spiro atoms. The Labute approximate surface area is 174 Å². The molecule has 0 saturated carbocycles. The number of aliphatic imine (C=N–C) groups is 1. The zero-order valence-electron chi connectivity index (χ0n) is 17.8. The highest BCUT2D eigenvalue weighted by molar-refractivity contribution is 5.80. The Morgan fingerprint density at radius 3 is 2.90 bits per heavy atom. The molecule has 2 aliphatic rings. The third-order valence-electron chi connectivity index (χ3n) is 5.85. The second-order valence-corrected chi connectivity index (χ2v) is 8.12. The first-order chi connectivity index (χ1) is 14.1. The summed E-state index contributed by atoms with van der Waals surface area (Å²) in [7, 11) is 1.71. The lowest BCUT2D eigenvalue weighted by molar-refractivity contribution is -0.119. The smallest absolute Gasteiger partial charge is 0.217 e. The van der Waals surface area contributed by atoms with Crippen molar-refractivity contribution in [2.45, 2.75) is 32.6 Å². The van der Waals surface area contributed by atoms with Crippen molar-refractivity contribution in [1.29, 1.82) is 0 Å². The van der Waals surface area contributed by atoms with Crippen LogP contribution in [0.4, 0.5) is 5.69 Å². The molecule has 29 heavy (non-hydrogen) atoms. The Bertz CT molecular complexity index is 708. The van der Waals surface area contributed by atoms with Gasteiger partial charge in [-0.1, -0.05) is 6.07 Å². The van der Waals surface area contributed by atoms with Crippen molar-refractivity contribution < 1.29 is 9.53 Å². The first-order valence-electron chi connectivity index (χ1n) is 10.8. The van der Waals surface area contributed by atoms with Crippen molar-refractivity contribution in [3.8, 4) is 5.75 Å². The molecule has 2 fully saturated rings. The number of nitrogens with zero attached hydrogens (tertiary/aromatic N) is 3. The van der Waals surface area contributed by atoms with Crippen LogP contribution in [0, 0.1) is 11.8 Å². The predicted octanol–water partition coefficient (Wildman–Crippen LogP) is 2.07. The van der Waals surface area contributed by atoms with Gasteiger partial charge in [0.15, 0.2) is 5.96 Å². The number of likely N-dealkylation sites (tertiary alicyclic amines) is 1. The van der Waals surface area contributed by atoms with Crippen molar-refractivity contribution in [3.05, 3.63) is 24.3 Å². The van der Waals surface area contributed by atoms with Gasteiger partial charge in [-0.2, -0.15) is 0 Å². The zero-order valence-corrected chi connectivity index (χ0v) is 17.8. The lowest BCUT2D eigenvalue weighted by atomic mass is 9.95. The zero-order chi connectivity index (χ0) is 20.6. The summed E-state index contributed by atoms with van der Waals surface area (Å²) in [6.45, 7) is 7.67. The number of rotatable bonds is 7. The molecule has 7 heteroatoms. The number of primary amides is 1. The Morgan fingerprint density at radius 2 is 2.14 bits per heavy atom. The number of nitrogens with one attached hydrogen (secondary N) is 1. The molecule has 2 saturated heterocycles. The number of hydrogen-bond acceptors (Lipinski definition) is 4. The molecule has 2 heterocycles. The van der Waals surface area contributed by atoms with Crippen LogP contribution in [0.1, 0.15) is 32.6 Å². The molecular weight excluding hydrogens is 366 g/mol. The standard InChI is InChI=1S/C22H35N5O2/c1-3-24-22(27-10-5-6-17(15-27)12-21(23)28)25-14-18-9-11-26(16-18)19-7-4-8-20(13-19)29-2/h4,7-8,13,17-18H,3,5-6,9-12,14-16H2,1-2H3,(H2,23,28)(H,24,25). The molecule has 2 aliphatic heterocycles. The average molecular weight is 402 g/mol. The molecule has 0 radical (unpaired) electrons. The Kier molecular flexibility index (Phi) is 7.61. The summed E-state index contributed by atoms with van der Waals surface area (Å²) in [5.74, 6) is 2.54. The van der Waals surface area contributed by atoms with Gasteiger partial charge in [-0.15, -0.1) is 0 Å². The van der Waals surface area contributed by atoms with Gasteiger partial charge in [-0.25, -0.2) is 0 Å². The van der Waals surface area contributed by atoms with Crippen molar-refractivity contribution in [3.63, 3.8) is 0 Å². The summed E-state index contributed by atoms with van der Waals surface area (Å²) < 4.78 is 5.36. The van der Waals surface area contributed by atoms with E-state index < -0.39 is 0 Å². The Morgan fingerprint density at radius 1 is 1.28 bits per heavy atom. The number of nitrogens with two attached hydrogens (primary N) is 1. The fraction of sp³-hybridized carbons (Fsp3) is 0.636. The number of anilines is 1. The summed E-state index contributed by atoms with van der Waals surface area (Å²) in [6, 6.07) is 8.27. The van der Waals surface area contributed by atoms with E-state index in [4.69, 9.17) is 15.5 Å². The third-order valence-corrected chi connectivity index (χ3v) is 5.85. The van der Waals surface area contributed by atoms with Crippen LogP contribution in [-0.2, 0) is 4.79 Å². The number of benzene rings is 1. The highest BCUT2D eigenvalue weighted by Gasteiger charge is 2.25. The summed E-state index contributed by atoms with van der Waals surface area (Å²) in [4.78, 5) is 21.0. The van der Waals surface area contributed by atoms with Gasteiger partial charge >= 0.3 is 0 Å². The topological polar surface area (TPSA) is 83.2 Å². The normalized spacial score (nSPS) is 22.6. The maximum absolute atomic E-state index is 11.3. The Balaban J connectivity index is 1.58. The molecule has 2 atom stereocenters. The van der Waals surface area contributed by atoms with Gasteiger partial charge < -0.3 is 25.6 Å². The molecular formula is C22H35N5O2. The van der Waals surface area contributed by atoms with Gasteiger partial charge in [0, 0.05) is 57.4 Å². The fourth-order valence-electron chi connectivity index (χ4n) is 4.37. The number of carbonyl (C=O) groups is 1. The number of methoxy groups -OCH3 is 1. The van der Waals surface area contributed by atoms with Gasteiger partial charge in [0.1, 0.15) is 5.75 Å². The monoisotopic (exact) mass is 401 g/mol. The SMILES string of the molecule is CCNC(=NCC1CCN(c2cccc(OC)c2)C1)N1CCCC(CC(N)=O)C1. The highest BCUT2D eigenvalue weighted by Crippen LogP contribution is 2.27. The number of hydrogen-bond donors (Lipinski definition) is 2. The van der Waals surface area contributed by atoms with Crippen LogP contribution in [0.25, 0.3) is 0 Å². The van der Waals surface area contributed by atoms with Gasteiger partial charge in [0.05, 0.1) is 7.11 Å². The molecule has 3 rings (SSSR count). The van der Waals surface area contributed by atoms with Crippen molar-refractivity contribution in [1.82, 2.24) is 10.2 Å². The lowest BCUT2D eigenvalue weighted by Crippen LogP contribution is -2.47. The van der Waals surface area contributed by atoms with Crippen LogP contribution in [0.5, 0.6) is 5.75 Å². The molecule has 0 bridgehead atoms. The highest BCUT2D eigenvalue weighted by atomic mass is 16.5. The van der Waals surface area contributed by atoms with E-state index in [9.17, 15) is 4.79 Å². The number of ether oxygens (including phenoxy) is 1. The van der Waals surface area contributed by atoms with Crippen molar-refractivity contribution >= 4 is 17.6 Å². The largest absolute Gasteiger partial charge is 0.497 e. The van der Waals surface area contributed by atoms with E-state index in [0.717, 1.165) is 70.2 Å². The van der Waals surface area contributed by atoms with Crippen LogP contribution in [0.3, 0.4) is 0 Å². The minimum Gasteiger partial charge on any atom is -0.497 e. The maximum atomic E-state index is 11.3. The first-order valence-corrected chi connectivity index (χ1v) is 10.8. The van der Waals surface area contributed by atoms with E-state index in [2.05, 4.69) is 34.2 Å². The quantitative estimate of drug-likeness (QED) is 0.540. The summed E-state index contributed by atoms with van der Waals surface area (Å²) >= 11 is 0. The second kappa shape index (κ2) is 10.4. The molecule has 1 aromatic carbocycles. The molecule has 0 aromatic heterocycles. The molecule has 160 valence electrons. The van der Waals surface area contributed by atoms with E-state index in [0.29, 0.717) is 18.3 Å². The van der Waals surface area contributed by atoms with E-state index in [1.165, 1.54) is 5.69 Å². The van der Waals surface area contributed by atoms with Gasteiger partial charge in [-0.05, 0) is 50.2 Å². The minimum absolute atomic E-state index is 0.206. The molecule has 1 amide bonds. The summed E-state index contributed by atoms with van der Waals surface area (Å²) in [5.41, 5.74) is 6.62. The average Bonchev–Trinajstić information content (AvgIpc) is 3.20. The van der Waals surface area contributed by atoms with E-state index in [1.54, 1.807) is 7.11 Å². The van der Waals surface area contributed by atoms with Crippen LogP contribution < -0.4 is 20.7 Å². The molecule has 1 aromatic rings. The van der Waals surface area contributed by atoms with Crippen LogP contribution in [0.2, 0.25) is 0 Å². The van der Waals surface area contributed by atoms with Crippen molar-refractivity contribution in [2.24, 2.45) is 22.6 Å². The van der Waals surface area contributed by atoms with Crippen LogP contribution >= 0.6 is 0 Å². The Hall–Kier alpha value is -2.44.